The molecule has 134 valence electrons. The molecule has 0 spiro atoms. The molecule has 0 amide bonds. The number of benzene rings is 3. The van der Waals surface area contributed by atoms with Gasteiger partial charge in [0.25, 0.3) is 0 Å². The van der Waals surface area contributed by atoms with E-state index in [9.17, 15) is 8.42 Å². The fraction of sp³-hybridized carbons (Fsp3) is 0.143. The van der Waals surface area contributed by atoms with Gasteiger partial charge in [0.2, 0.25) is 10.0 Å². The minimum Gasteiger partial charge on any atom is -0.213 e. The summed E-state index contributed by atoms with van der Waals surface area (Å²) in [5.74, 6) is 0. The highest BCUT2D eigenvalue weighted by molar-refractivity contribution is 7.88. The van der Waals surface area contributed by atoms with Crippen molar-refractivity contribution in [3.8, 4) is 0 Å². The number of nitrogens with one attached hydrogen (secondary N) is 1. The molecule has 26 heavy (non-hydrogen) atoms. The lowest BCUT2D eigenvalue weighted by molar-refractivity contribution is 0.574. The highest BCUT2D eigenvalue weighted by Gasteiger charge is 2.23. The first-order chi connectivity index (χ1) is 12.5. The van der Waals surface area contributed by atoms with E-state index < -0.39 is 17.9 Å². The summed E-state index contributed by atoms with van der Waals surface area (Å²) in [6.45, 7) is 0. The Morgan fingerprint density at radius 1 is 0.769 bits per heavy atom. The largest absolute Gasteiger partial charge is 0.213 e. The van der Waals surface area contributed by atoms with Crippen molar-refractivity contribution < 1.29 is 8.42 Å². The van der Waals surface area contributed by atoms with E-state index in [0.717, 1.165) is 5.56 Å². The fourth-order valence-electron chi connectivity index (χ4n) is 2.91. The molecule has 3 aromatic carbocycles. The predicted octanol–water partition coefficient (Wildman–Crippen LogP) is 3.41. The average molecular weight is 383 g/mol. The van der Waals surface area contributed by atoms with Crippen molar-refractivity contribution in [3.05, 3.63) is 96.6 Å². The van der Waals surface area contributed by atoms with Gasteiger partial charge in [-0.15, -0.1) is 0 Å². The van der Waals surface area contributed by atoms with Gasteiger partial charge in [0, 0.05) is 0 Å². The molecule has 0 saturated heterocycles. The third-order valence-electron chi connectivity index (χ3n) is 4.06. The Balaban J connectivity index is 1.99. The highest BCUT2D eigenvalue weighted by atomic mass is 32.2. The zero-order chi connectivity index (χ0) is 18.4. The maximum Gasteiger partial charge on any atom is 0.209 e. The first-order valence-electron chi connectivity index (χ1n) is 8.43. The summed E-state index contributed by atoms with van der Waals surface area (Å²) < 4.78 is 26.8. The van der Waals surface area contributed by atoms with Crippen molar-refractivity contribution in [1.29, 1.82) is 0 Å². The van der Waals surface area contributed by atoms with Crippen LogP contribution in [0.1, 0.15) is 11.6 Å². The molecular formula is C21H22NO2PS. The average Bonchev–Trinajstić information content (AvgIpc) is 2.66. The lowest BCUT2D eigenvalue weighted by atomic mass is 10.1. The van der Waals surface area contributed by atoms with Crippen molar-refractivity contribution in [1.82, 2.24) is 4.72 Å². The molecular weight excluding hydrogens is 361 g/mol. The van der Waals surface area contributed by atoms with Gasteiger partial charge in [-0.3, -0.25) is 0 Å². The van der Waals surface area contributed by atoms with Gasteiger partial charge in [0.1, 0.15) is 0 Å². The molecule has 0 aromatic heterocycles. The standard InChI is InChI=1S/C21H22NO2PS/c1-26(23,24)22-21(18-11-5-2-6-12-18)17-25(19-13-7-3-8-14-19)20-15-9-4-10-16-20/h2-16,21-22H,17H2,1H3/t21-/m1/s1. The van der Waals surface area contributed by atoms with Crippen LogP contribution in [0.4, 0.5) is 0 Å². The Labute approximate surface area is 156 Å². The molecule has 5 heteroatoms. The van der Waals surface area contributed by atoms with Gasteiger partial charge in [-0.1, -0.05) is 91.0 Å². The Morgan fingerprint density at radius 3 is 1.62 bits per heavy atom. The molecule has 0 aliphatic heterocycles. The normalized spacial score (nSPS) is 12.8. The topological polar surface area (TPSA) is 46.2 Å². The molecule has 0 heterocycles. The minimum atomic E-state index is -3.32. The third-order valence-corrected chi connectivity index (χ3v) is 7.35. The van der Waals surface area contributed by atoms with Crippen LogP contribution in [-0.2, 0) is 10.0 Å². The first kappa shape index (κ1) is 18.8. The van der Waals surface area contributed by atoms with Crippen molar-refractivity contribution in [2.24, 2.45) is 0 Å². The van der Waals surface area contributed by atoms with Crippen LogP contribution in [0, 0.1) is 0 Å². The summed E-state index contributed by atoms with van der Waals surface area (Å²) in [6.07, 6.45) is 1.93. The van der Waals surface area contributed by atoms with E-state index in [2.05, 4.69) is 29.0 Å². The highest BCUT2D eigenvalue weighted by Crippen LogP contribution is 2.38. The maximum absolute atomic E-state index is 12.0. The summed E-state index contributed by atoms with van der Waals surface area (Å²) in [5.41, 5.74) is 0.984. The maximum atomic E-state index is 12.0. The van der Waals surface area contributed by atoms with Crippen LogP contribution in [0.3, 0.4) is 0 Å². The molecule has 3 rings (SSSR count). The summed E-state index contributed by atoms with van der Waals surface area (Å²) in [6, 6.07) is 30.2. The van der Waals surface area contributed by atoms with Gasteiger partial charge in [0.05, 0.1) is 12.3 Å². The molecule has 1 atom stereocenters. The van der Waals surface area contributed by atoms with Gasteiger partial charge in [-0.05, 0) is 30.3 Å². The zero-order valence-electron chi connectivity index (χ0n) is 14.6. The molecule has 3 nitrogen and oxygen atoms in total. The molecule has 0 fully saturated rings. The quantitative estimate of drug-likeness (QED) is 0.636. The molecule has 0 aliphatic carbocycles. The van der Waals surface area contributed by atoms with Gasteiger partial charge in [-0.25, -0.2) is 13.1 Å². The number of hydrogen-bond acceptors (Lipinski definition) is 2. The summed E-state index contributed by atoms with van der Waals surface area (Å²) in [7, 11) is -4.01. The smallest absolute Gasteiger partial charge is 0.209 e. The second-order valence-corrected chi connectivity index (χ2v) is 10.2. The van der Waals surface area contributed by atoms with Gasteiger partial charge >= 0.3 is 0 Å². The van der Waals surface area contributed by atoms with E-state index in [1.807, 2.05) is 66.7 Å². The molecule has 0 bridgehead atoms. The van der Waals surface area contributed by atoms with Crippen molar-refractivity contribution >= 4 is 28.6 Å². The van der Waals surface area contributed by atoms with Crippen LogP contribution in [-0.4, -0.2) is 20.8 Å². The van der Waals surface area contributed by atoms with E-state index in [1.54, 1.807) is 0 Å². The summed E-state index contributed by atoms with van der Waals surface area (Å²) in [4.78, 5) is 0. The van der Waals surface area contributed by atoms with E-state index in [0.29, 0.717) is 6.16 Å². The monoisotopic (exact) mass is 383 g/mol. The molecule has 0 aliphatic rings. The zero-order valence-corrected chi connectivity index (χ0v) is 16.3. The Hall–Kier alpha value is -2.00. The SMILES string of the molecule is CS(=O)(=O)N[C@H](CP(c1ccccc1)c1ccccc1)c1ccccc1. The third kappa shape index (κ3) is 5.25. The molecule has 1 N–H and O–H groups in total. The summed E-state index contributed by atoms with van der Waals surface area (Å²) >= 11 is 0. The van der Waals surface area contributed by atoms with Crippen LogP contribution in [0.25, 0.3) is 0 Å². The fourth-order valence-corrected chi connectivity index (χ4v) is 6.22. The minimum absolute atomic E-state index is 0.266. The summed E-state index contributed by atoms with van der Waals surface area (Å²) in [5, 5.41) is 2.48. The molecule has 0 unspecified atom stereocenters. The molecule has 0 radical (unpaired) electrons. The van der Waals surface area contributed by atoms with Crippen molar-refractivity contribution in [2.45, 2.75) is 6.04 Å². The van der Waals surface area contributed by atoms with Crippen LogP contribution < -0.4 is 15.3 Å². The molecule has 0 saturated carbocycles. The Morgan fingerprint density at radius 2 is 1.19 bits per heavy atom. The Kier molecular flexibility index (Phi) is 6.20. The number of sulfonamides is 1. The van der Waals surface area contributed by atoms with E-state index in [1.165, 1.54) is 16.9 Å². The first-order valence-corrected chi connectivity index (χ1v) is 11.8. The van der Waals surface area contributed by atoms with Crippen LogP contribution in [0.5, 0.6) is 0 Å². The number of hydrogen-bond donors (Lipinski definition) is 1. The lowest BCUT2D eigenvalue weighted by Crippen LogP contribution is -2.31. The van der Waals surface area contributed by atoms with Crippen molar-refractivity contribution in [3.63, 3.8) is 0 Å². The van der Waals surface area contributed by atoms with E-state index >= 15 is 0 Å². The van der Waals surface area contributed by atoms with Gasteiger partial charge < -0.3 is 0 Å². The predicted molar refractivity (Wildman–Crippen MR) is 111 cm³/mol. The second-order valence-electron chi connectivity index (χ2n) is 6.13. The van der Waals surface area contributed by atoms with Crippen LogP contribution >= 0.6 is 7.92 Å². The van der Waals surface area contributed by atoms with E-state index in [-0.39, 0.29) is 6.04 Å². The number of rotatable bonds is 7. The second kappa shape index (κ2) is 8.59. The van der Waals surface area contributed by atoms with Crippen molar-refractivity contribution in [2.75, 3.05) is 12.4 Å². The Bertz CT molecular complexity index is 876. The van der Waals surface area contributed by atoms with Crippen LogP contribution in [0.15, 0.2) is 91.0 Å². The van der Waals surface area contributed by atoms with Gasteiger partial charge in [-0.2, -0.15) is 0 Å². The van der Waals surface area contributed by atoms with Gasteiger partial charge in [0.15, 0.2) is 0 Å². The van der Waals surface area contributed by atoms with E-state index in [4.69, 9.17) is 0 Å². The van der Waals surface area contributed by atoms with Crippen LogP contribution in [0.2, 0.25) is 0 Å². The molecule has 3 aromatic rings. The lowest BCUT2D eigenvalue weighted by Gasteiger charge is -2.25.